The van der Waals surface area contributed by atoms with Crippen molar-refractivity contribution < 1.29 is 14.4 Å². The minimum Gasteiger partial charge on any atom is -0.338 e. The van der Waals surface area contributed by atoms with Crippen LogP contribution in [0.25, 0.3) is 0 Å². The Morgan fingerprint density at radius 1 is 1.13 bits per heavy atom. The van der Waals surface area contributed by atoms with Crippen molar-refractivity contribution in [1.82, 2.24) is 15.1 Å². The average Bonchev–Trinajstić information content (AvgIpc) is 2.88. The first-order valence-corrected chi connectivity index (χ1v) is 8.07. The van der Waals surface area contributed by atoms with Gasteiger partial charge in [-0.1, -0.05) is 23.2 Å². The number of urea groups is 1. The molecule has 1 aromatic rings. The topological polar surface area (TPSA) is 69.7 Å². The predicted octanol–water partition coefficient (Wildman–Crippen LogP) is 2.15. The maximum absolute atomic E-state index is 12.5. The van der Waals surface area contributed by atoms with E-state index in [0.717, 1.165) is 0 Å². The molecule has 2 saturated heterocycles. The summed E-state index contributed by atoms with van der Waals surface area (Å²) in [5.74, 6) is -0.330. The third-order valence-corrected chi connectivity index (χ3v) is 4.90. The van der Waals surface area contributed by atoms with Crippen molar-refractivity contribution in [2.45, 2.75) is 18.9 Å². The molecule has 2 aliphatic rings. The zero-order chi connectivity index (χ0) is 16.6. The highest BCUT2D eigenvalue weighted by atomic mass is 35.5. The second kappa shape index (κ2) is 6.37. The number of nitrogens with one attached hydrogen (secondary N) is 1. The van der Waals surface area contributed by atoms with Crippen LogP contribution in [0.4, 0.5) is 4.79 Å². The third-order valence-electron chi connectivity index (χ3n) is 4.16. The Morgan fingerprint density at radius 3 is 2.39 bits per heavy atom. The van der Waals surface area contributed by atoms with Crippen LogP contribution in [0.1, 0.15) is 23.2 Å². The van der Waals surface area contributed by atoms with Gasteiger partial charge in [0.25, 0.3) is 5.91 Å². The van der Waals surface area contributed by atoms with Crippen LogP contribution in [0.3, 0.4) is 0 Å². The second-order valence-corrected chi connectivity index (χ2v) is 6.39. The first-order valence-electron chi connectivity index (χ1n) is 7.31. The standard InChI is InChI=1S/C15H15Cl2N3O3/c16-11-2-1-9(7-12(11)17)14(22)19-5-3-10(4-6-19)20-13(21)8-18-15(20)23/h1-2,7,10H,3-6,8H2,(H,18,23). The number of carbonyl (C=O) groups excluding carboxylic acids is 3. The fourth-order valence-corrected chi connectivity index (χ4v) is 3.24. The number of likely N-dealkylation sites (tertiary alicyclic amines) is 1. The van der Waals surface area contributed by atoms with Gasteiger partial charge >= 0.3 is 6.03 Å². The summed E-state index contributed by atoms with van der Waals surface area (Å²) in [6.07, 6.45) is 1.15. The highest BCUT2D eigenvalue weighted by molar-refractivity contribution is 6.42. The molecule has 6 nitrogen and oxygen atoms in total. The molecule has 0 aliphatic carbocycles. The number of benzene rings is 1. The van der Waals surface area contributed by atoms with E-state index in [2.05, 4.69) is 5.32 Å². The Hall–Kier alpha value is -1.79. The summed E-state index contributed by atoms with van der Waals surface area (Å²) in [6, 6.07) is 4.29. The van der Waals surface area contributed by atoms with Gasteiger partial charge in [-0.2, -0.15) is 0 Å². The summed E-state index contributed by atoms with van der Waals surface area (Å²) < 4.78 is 0. The Balaban J connectivity index is 1.64. The van der Waals surface area contributed by atoms with Crippen LogP contribution < -0.4 is 5.32 Å². The van der Waals surface area contributed by atoms with E-state index in [1.807, 2.05) is 0 Å². The first kappa shape index (κ1) is 16.1. The lowest BCUT2D eigenvalue weighted by Gasteiger charge is -2.35. The van der Waals surface area contributed by atoms with E-state index >= 15 is 0 Å². The number of piperidine rings is 1. The molecule has 122 valence electrons. The van der Waals surface area contributed by atoms with Crippen LogP contribution in [0.15, 0.2) is 18.2 Å². The first-order chi connectivity index (χ1) is 11.0. The molecule has 8 heteroatoms. The zero-order valence-electron chi connectivity index (χ0n) is 12.2. The number of hydrogen-bond acceptors (Lipinski definition) is 3. The van der Waals surface area contributed by atoms with Crippen molar-refractivity contribution in [2.24, 2.45) is 0 Å². The van der Waals surface area contributed by atoms with Crippen molar-refractivity contribution in [3.05, 3.63) is 33.8 Å². The zero-order valence-corrected chi connectivity index (χ0v) is 13.7. The molecular formula is C15H15Cl2N3O3. The summed E-state index contributed by atoms with van der Waals surface area (Å²) in [7, 11) is 0. The maximum atomic E-state index is 12.5. The number of rotatable bonds is 2. The lowest BCUT2D eigenvalue weighted by Crippen LogP contribution is -2.49. The Morgan fingerprint density at radius 2 is 1.83 bits per heavy atom. The minimum absolute atomic E-state index is 0.0568. The lowest BCUT2D eigenvalue weighted by molar-refractivity contribution is -0.127. The summed E-state index contributed by atoms with van der Waals surface area (Å²) >= 11 is 11.8. The fourth-order valence-electron chi connectivity index (χ4n) is 2.94. The van der Waals surface area contributed by atoms with E-state index in [4.69, 9.17) is 23.2 Å². The van der Waals surface area contributed by atoms with Crippen molar-refractivity contribution in [2.75, 3.05) is 19.6 Å². The molecule has 0 aromatic heterocycles. The molecule has 2 aliphatic heterocycles. The molecule has 23 heavy (non-hydrogen) atoms. The number of nitrogens with zero attached hydrogens (tertiary/aromatic N) is 2. The Kier molecular flexibility index (Phi) is 4.46. The highest BCUT2D eigenvalue weighted by Crippen LogP contribution is 2.25. The van der Waals surface area contributed by atoms with Gasteiger partial charge in [0.2, 0.25) is 5.91 Å². The molecule has 0 spiro atoms. The average molecular weight is 356 g/mol. The SMILES string of the molecule is O=C(c1ccc(Cl)c(Cl)c1)N1CCC(N2C(=O)CNC2=O)CC1. The van der Waals surface area contributed by atoms with Crippen LogP contribution in [-0.2, 0) is 4.79 Å². The van der Waals surface area contributed by atoms with E-state index in [1.165, 1.54) is 4.90 Å². The van der Waals surface area contributed by atoms with E-state index in [9.17, 15) is 14.4 Å². The predicted molar refractivity (Wildman–Crippen MR) is 85.6 cm³/mol. The van der Waals surface area contributed by atoms with Gasteiger partial charge in [0.05, 0.1) is 16.6 Å². The minimum atomic E-state index is -0.343. The van der Waals surface area contributed by atoms with Crippen LogP contribution in [0.5, 0.6) is 0 Å². The molecule has 0 bridgehead atoms. The van der Waals surface area contributed by atoms with Crippen molar-refractivity contribution >= 4 is 41.0 Å². The fraction of sp³-hybridized carbons (Fsp3) is 0.400. The monoisotopic (exact) mass is 355 g/mol. The van der Waals surface area contributed by atoms with Crippen LogP contribution in [-0.4, -0.2) is 53.3 Å². The van der Waals surface area contributed by atoms with Crippen molar-refractivity contribution in [3.63, 3.8) is 0 Å². The van der Waals surface area contributed by atoms with Gasteiger partial charge in [0.1, 0.15) is 0 Å². The molecule has 0 radical (unpaired) electrons. The quantitative estimate of drug-likeness (QED) is 0.826. The number of hydrogen-bond donors (Lipinski definition) is 1. The van der Waals surface area contributed by atoms with Gasteiger partial charge < -0.3 is 10.2 Å². The molecule has 0 atom stereocenters. The van der Waals surface area contributed by atoms with Crippen LogP contribution >= 0.6 is 23.2 Å². The summed E-state index contributed by atoms with van der Waals surface area (Å²) in [5, 5.41) is 3.26. The molecular weight excluding hydrogens is 341 g/mol. The Labute approximate surface area is 143 Å². The molecule has 1 aromatic carbocycles. The van der Waals surface area contributed by atoms with E-state index in [-0.39, 0.29) is 30.4 Å². The van der Waals surface area contributed by atoms with Gasteiger partial charge in [0, 0.05) is 24.7 Å². The molecule has 0 saturated carbocycles. The van der Waals surface area contributed by atoms with Gasteiger partial charge in [-0.3, -0.25) is 14.5 Å². The largest absolute Gasteiger partial charge is 0.338 e. The molecule has 2 fully saturated rings. The maximum Gasteiger partial charge on any atom is 0.324 e. The highest BCUT2D eigenvalue weighted by Gasteiger charge is 2.37. The molecule has 3 rings (SSSR count). The summed E-state index contributed by atoms with van der Waals surface area (Å²) in [4.78, 5) is 38.9. The molecule has 2 heterocycles. The smallest absolute Gasteiger partial charge is 0.324 e. The number of imide groups is 1. The molecule has 0 unspecified atom stereocenters. The van der Waals surface area contributed by atoms with Gasteiger partial charge in [0.15, 0.2) is 0 Å². The molecule has 1 N–H and O–H groups in total. The van der Waals surface area contributed by atoms with Crippen LogP contribution in [0.2, 0.25) is 10.0 Å². The van der Waals surface area contributed by atoms with E-state index in [1.54, 1.807) is 23.1 Å². The van der Waals surface area contributed by atoms with Crippen molar-refractivity contribution in [3.8, 4) is 0 Å². The van der Waals surface area contributed by atoms with E-state index < -0.39 is 0 Å². The number of halogens is 2. The summed E-state index contributed by atoms with van der Waals surface area (Å²) in [6.45, 7) is 1.03. The second-order valence-electron chi connectivity index (χ2n) is 5.57. The third kappa shape index (κ3) is 3.14. The van der Waals surface area contributed by atoms with Gasteiger partial charge in [-0.25, -0.2) is 4.79 Å². The molecule has 4 amide bonds. The normalized spacial score (nSPS) is 19.2. The number of amides is 4. The van der Waals surface area contributed by atoms with Crippen LogP contribution in [0, 0.1) is 0 Å². The van der Waals surface area contributed by atoms with Crippen molar-refractivity contribution in [1.29, 1.82) is 0 Å². The van der Waals surface area contributed by atoms with Gasteiger partial charge in [-0.05, 0) is 31.0 Å². The summed E-state index contributed by atoms with van der Waals surface area (Å²) in [5.41, 5.74) is 0.479. The number of carbonyl (C=O) groups is 3. The Bertz CT molecular complexity index is 656. The lowest BCUT2D eigenvalue weighted by atomic mass is 10.0. The van der Waals surface area contributed by atoms with E-state index in [0.29, 0.717) is 41.5 Å². The van der Waals surface area contributed by atoms with Gasteiger partial charge in [-0.15, -0.1) is 0 Å².